The highest BCUT2D eigenvalue weighted by molar-refractivity contribution is 7.89. The number of hydrogen-bond donors (Lipinski definition) is 1. The van der Waals surface area contributed by atoms with Crippen LogP contribution in [0.15, 0.2) is 23.1 Å². The summed E-state index contributed by atoms with van der Waals surface area (Å²) >= 11 is 0. The normalized spacial score (nSPS) is 12.1. The maximum absolute atomic E-state index is 12.5. The van der Waals surface area contributed by atoms with Gasteiger partial charge >= 0.3 is 0 Å². The number of nitrogens with zero attached hydrogens (tertiary/aromatic N) is 1. The van der Waals surface area contributed by atoms with Gasteiger partial charge in [-0.1, -0.05) is 13.8 Å². The van der Waals surface area contributed by atoms with Crippen LogP contribution >= 0.6 is 0 Å². The van der Waals surface area contributed by atoms with Gasteiger partial charge in [-0.3, -0.25) is 0 Å². The Hall–Kier alpha value is -1.11. The second kappa shape index (κ2) is 7.77. The molecule has 0 aromatic heterocycles. The second-order valence-electron chi connectivity index (χ2n) is 5.42. The molecule has 0 fully saturated rings. The fraction of sp³-hybridized carbons (Fsp3) is 0.600. The van der Waals surface area contributed by atoms with Crippen molar-refractivity contribution in [3.63, 3.8) is 0 Å². The largest absolute Gasteiger partial charge is 0.494 e. The molecule has 0 aliphatic heterocycles. The van der Waals surface area contributed by atoms with Crippen molar-refractivity contribution in [2.45, 2.75) is 38.6 Å². The Labute approximate surface area is 128 Å². The third-order valence-corrected chi connectivity index (χ3v) is 5.13. The van der Waals surface area contributed by atoms with Crippen LogP contribution in [0.3, 0.4) is 0 Å². The third-order valence-electron chi connectivity index (χ3n) is 3.28. The van der Waals surface area contributed by atoms with Gasteiger partial charge in [-0.15, -0.1) is 0 Å². The Bertz CT molecular complexity index is 556. The zero-order valence-corrected chi connectivity index (χ0v) is 14.1. The van der Waals surface area contributed by atoms with E-state index in [-0.39, 0.29) is 11.4 Å². The number of hydrogen-bond acceptors (Lipinski definition) is 4. The number of nitrogens with two attached hydrogens (primary N) is 1. The zero-order chi connectivity index (χ0) is 16.0. The van der Waals surface area contributed by atoms with Gasteiger partial charge in [0.25, 0.3) is 0 Å². The Morgan fingerprint density at radius 1 is 1.33 bits per heavy atom. The molecule has 120 valence electrons. The summed E-state index contributed by atoms with van der Waals surface area (Å²) < 4.78 is 31.9. The number of rotatable bonds is 8. The van der Waals surface area contributed by atoms with Gasteiger partial charge in [0.2, 0.25) is 10.0 Å². The van der Waals surface area contributed by atoms with Crippen molar-refractivity contribution in [2.75, 3.05) is 20.2 Å². The second-order valence-corrected chi connectivity index (χ2v) is 7.46. The van der Waals surface area contributed by atoms with Crippen LogP contribution in [-0.4, -0.2) is 32.9 Å². The van der Waals surface area contributed by atoms with E-state index < -0.39 is 10.0 Å². The summed E-state index contributed by atoms with van der Waals surface area (Å²) in [6.45, 7) is 7.30. The Balaban J connectivity index is 3.02. The van der Waals surface area contributed by atoms with Crippen LogP contribution in [0.4, 0.5) is 0 Å². The predicted molar refractivity (Wildman–Crippen MR) is 84.8 cm³/mol. The van der Waals surface area contributed by atoms with E-state index >= 15 is 0 Å². The SMILES string of the molecule is CCOc1ccc(S(=O)(=O)N(C)CCC(C)C)cc1CN. The van der Waals surface area contributed by atoms with Crippen LogP contribution in [0.25, 0.3) is 0 Å². The lowest BCUT2D eigenvalue weighted by Gasteiger charge is -2.19. The Kier molecular flexibility index (Phi) is 6.64. The van der Waals surface area contributed by atoms with Crippen LogP contribution in [0.5, 0.6) is 5.75 Å². The first-order valence-electron chi connectivity index (χ1n) is 7.25. The molecule has 1 aromatic carbocycles. The quantitative estimate of drug-likeness (QED) is 0.798. The fourth-order valence-electron chi connectivity index (χ4n) is 1.91. The molecule has 5 nitrogen and oxygen atoms in total. The van der Waals surface area contributed by atoms with E-state index in [1.807, 2.05) is 6.92 Å². The molecule has 1 aromatic rings. The van der Waals surface area contributed by atoms with E-state index in [0.717, 1.165) is 6.42 Å². The summed E-state index contributed by atoms with van der Waals surface area (Å²) in [5.41, 5.74) is 6.38. The summed E-state index contributed by atoms with van der Waals surface area (Å²) in [6, 6.07) is 4.85. The number of ether oxygens (including phenoxy) is 1. The molecule has 6 heteroatoms. The zero-order valence-electron chi connectivity index (χ0n) is 13.3. The summed E-state index contributed by atoms with van der Waals surface area (Å²) in [6.07, 6.45) is 0.830. The van der Waals surface area contributed by atoms with Crippen LogP contribution < -0.4 is 10.5 Å². The summed E-state index contributed by atoms with van der Waals surface area (Å²) in [4.78, 5) is 0.262. The van der Waals surface area contributed by atoms with Crippen LogP contribution in [0, 0.1) is 5.92 Å². The van der Waals surface area contributed by atoms with Gasteiger partial charge in [0.15, 0.2) is 0 Å². The third kappa shape index (κ3) is 4.69. The summed E-state index contributed by atoms with van der Waals surface area (Å²) in [7, 11) is -1.87. The van der Waals surface area contributed by atoms with Gasteiger partial charge in [0, 0.05) is 25.7 Å². The minimum absolute atomic E-state index is 0.244. The maximum Gasteiger partial charge on any atom is 0.242 e. The first kappa shape index (κ1) is 17.9. The minimum Gasteiger partial charge on any atom is -0.494 e. The molecule has 0 unspecified atom stereocenters. The highest BCUT2D eigenvalue weighted by Crippen LogP contribution is 2.24. The van der Waals surface area contributed by atoms with Gasteiger partial charge in [-0.05, 0) is 37.5 Å². The van der Waals surface area contributed by atoms with Crippen molar-refractivity contribution in [2.24, 2.45) is 11.7 Å². The lowest BCUT2D eigenvalue weighted by Crippen LogP contribution is -2.28. The van der Waals surface area contributed by atoms with Crippen molar-refractivity contribution in [3.8, 4) is 5.75 Å². The molecular weight excluding hydrogens is 288 g/mol. The monoisotopic (exact) mass is 314 g/mol. The molecule has 0 saturated carbocycles. The molecule has 0 radical (unpaired) electrons. The molecule has 0 aliphatic rings. The average Bonchev–Trinajstić information content (AvgIpc) is 2.45. The summed E-state index contributed by atoms with van der Waals surface area (Å²) in [5, 5.41) is 0. The van der Waals surface area contributed by atoms with Crippen molar-refractivity contribution in [1.29, 1.82) is 0 Å². The Morgan fingerprint density at radius 3 is 2.52 bits per heavy atom. The molecule has 0 saturated heterocycles. The number of sulfonamides is 1. The van der Waals surface area contributed by atoms with E-state index in [1.54, 1.807) is 25.2 Å². The molecule has 21 heavy (non-hydrogen) atoms. The van der Waals surface area contributed by atoms with Crippen molar-refractivity contribution < 1.29 is 13.2 Å². The van der Waals surface area contributed by atoms with Crippen LogP contribution in [0.1, 0.15) is 32.8 Å². The number of benzene rings is 1. The molecular formula is C15H26N2O3S. The molecule has 0 amide bonds. The topological polar surface area (TPSA) is 72.6 Å². The maximum atomic E-state index is 12.5. The van der Waals surface area contributed by atoms with E-state index in [1.165, 1.54) is 4.31 Å². The van der Waals surface area contributed by atoms with Gasteiger partial charge < -0.3 is 10.5 Å². The van der Waals surface area contributed by atoms with Crippen molar-refractivity contribution >= 4 is 10.0 Å². The first-order chi connectivity index (χ1) is 9.82. The van der Waals surface area contributed by atoms with Crippen molar-refractivity contribution in [3.05, 3.63) is 23.8 Å². The standard InChI is InChI=1S/C15H26N2O3S/c1-5-20-15-7-6-14(10-13(15)11-16)21(18,19)17(4)9-8-12(2)3/h6-7,10,12H,5,8-9,11,16H2,1-4H3. The summed E-state index contributed by atoms with van der Waals surface area (Å²) in [5.74, 6) is 1.10. The molecule has 2 N–H and O–H groups in total. The lowest BCUT2D eigenvalue weighted by molar-refractivity contribution is 0.336. The fourth-order valence-corrected chi connectivity index (χ4v) is 3.15. The van der Waals surface area contributed by atoms with E-state index in [9.17, 15) is 8.42 Å². The van der Waals surface area contributed by atoms with Crippen LogP contribution in [0.2, 0.25) is 0 Å². The predicted octanol–water partition coefficient (Wildman–Crippen LogP) is 2.21. The molecule has 0 spiro atoms. The van der Waals surface area contributed by atoms with Gasteiger partial charge in [-0.2, -0.15) is 0 Å². The van der Waals surface area contributed by atoms with Gasteiger partial charge in [0.05, 0.1) is 11.5 Å². The van der Waals surface area contributed by atoms with E-state index in [2.05, 4.69) is 13.8 Å². The average molecular weight is 314 g/mol. The molecule has 1 rings (SSSR count). The first-order valence-corrected chi connectivity index (χ1v) is 8.69. The van der Waals surface area contributed by atoms with Gasteiger partial charge in [-0.25, -0.2) is 12.7 Å². The van der Waals surface area contributed by atoms with Gasteiger partial charge in [0.1, 0.15) is 5.75 Å². The molecule has 0 heterocycles. The minimum atomic E-state index is -3.48. The van der Waals surface area contributed by atoms with Crippen LogP contribution in [-0.2, 0) is 16.6 Å². The molecule has 0 aliphatic carbocycles. The lowest BCUT2D eigenvalue weighted by atomic mass is 10.1. The Morgan fingerprint density at radius 2 is 2.00 bits per heavy atom. The smallest absolute Gasteiger partial charge is 0.242 e. The highest BCUT2D eigenvalue weighted by Gasteiger charge is 2.21. The molecule has 0 atom stereocenters. The van der Waals surface area contributed by atoms with Crippen molar-refractivity contribution in [1.82, 2.24) is 4.31 Å². The van der Waals surface area contributed by atoms with E-state index in [4.69, 9.17) is 10.5 Å². The van der Waals surface area contributed by atoms with E-state index in [0.29, 0.717) is 30.4 Å². The molecule has 0 bridgehead atoms. The highest BCUT2D eigenvalue weighted by atomic mass is 32.2.